The Kier molecular flexibility index (Phi) is 8.85. The summed E-state index contributed by atoms with van der Waals surface area (Å²) in [4.78, 5) is 8.64. The van der Waals surface area contributed by atoms with E-state index < -0.39 is 6.10 Å². The van der Waals surface area contributed by atoms with Crippen LogP contribution in [0, 0.1) is 0 Å². The summed E-state index contributed by atoms with van der Waals surface area (Å²) in [7, 11) is 5.69. The molecule has 2 aromatic carbocycles. The molecule has 7 heteroatoms. The molecule has 0 fully saturated rings. The number of ether oxygens (including phenoxy) is 2. The van der Waals surface area contributed by atoms with E-state index in [1.54, 1.807) is 18.4 Å². The number of benzene rings is 2. The van der Waals surface area contributed by atoms with E-state index in [0.717, 1.165) is 30.2 Å². The van der Waals surface area contributed by atoms with E-state index >= 15 is 0 Å². The van der Waals surface area contributed by atoms with Crippen LogP contribution in [0.1, 0.15) is 16.1 Å². The van der Waals surface area contributed by atoms with Gasteiger partial charge in [0.05, 0.1) is 13.7 Å². The largest absolute Gasteiger partial charge is 0.493 e. The first-order valence-corrected chi connectivity index (χ1v) is 11.2. The van der Waals surface area contributed by atoms with E-state index in [4.69, 9.17) is 9.47 Å². The van der Waals surface area contributed by atoms with Crippen LogP contribution in [0.3, 0.4) is 0 Å². The third-order valence-electron chi connectivity index (χ3n) is 4.82. The second-order valence-electron chi connectivity index (χ2n) is 7.73. The fourth-order valence-electron chi connectivity index (χ4n) is 3.42. The van der Waals surface area contributed by atoms with E-state index in [1.807, 2.05) is 55.0 Å². The summed E-state index contributed by atoms with van der Waals surface area (Å²) in [6.45, 7) is 3.07. The average Bonchev–Trinajstić information content (AvgIpc) is 3.26. The molecule has 3 aromatic rings. The molecule has 0 radical (unpaired) electrons. The first-order chi connectivity index (χ1) is 15.0. The number of thiazole rings is 1. The van der Waals surface area contributed by atoms with Crippen molar-refractivity contribution in [1.29, 1.82) is 0 Å². The first-order valence-electron chi connectivity index (χ1n) is 10.3. The molecular weight excluding hydrogens is 410 g/mol. The zero-order valence-corrected chi connectivity index (χ0v) is 19.2. The Morgan fingerprint density at radius 2 is 1.74 bits per heavy atom. The Hall–Kier alpha value is -2.45. The average molecular weight is 442 g/mol. The molecule has 0 saturated heterocycles. The van der Waals surface area contributed by atoms with Crippen molar-refractivity contribution in [3.05, 3.63) is 76.2 Å². The predicted octanol–water partition coefficient (Wildman–Crippen LogP) is 3.66. The molecule has 1 heterocycles. The fourth-order valence-corrected chi connectivity index (χ4v) is 4.12. The molecule has 1 N–H and O–H groups in total. The number of hydrogen-bond acceptors (Lipinski definition) is 7. The highest BCUT2D eigenvalue weighted by Crippen LogP contribution is 2.29. The van der Waals surface area contributed by atoms with Crippen molar-refractivity contribution in [2.75, 3.05) is 34.4 Å². The van der Waals surface area contributed by atoms with Gasteiger partial charge in [0, 0.05) is 31.2 Å². The van der Waals surface area contributed by atoms with Crippen molar-refractivity contribution in [2.45, 2.75) is 25.7 Å². The molecule has 1 aromatic heterocycles. The highest BCUT2D eigenvalue weighted by molar-refractivity contribution is 7.09. The van der Waals surface area contributed by atoms with Crippen molar-refractivity contribution in [1.82, 2.24) is 14.8 Å². The van der Waals surface area contributed by atoms with E-state index in [2.05, 4.69) is 34.0 Å². The highest BCUT2D eigenvalue weighted by Gasteiger charge is 2.13. The summed E-state index contributed by atoms with van der Waals surface area (Å²) in [5.41, 5.74) is 2.33. The lowest BCUT2D eigenvalue weighted by Gasteiger charge is -2.22. The number of aliphatic hydroxyl groups is 1. The zero-order valence-electron chi connectivity index (χ0n) is 18.4. The molecule has 0 unspecified atom stereocenters. The van der Waals surface area contributed by atoms with Crippen molar-refractivity contribution < 1.29 is 14.6 Å². The van der Waals surface area contributed by atoms with Gasteiger partial charge in [-0.3, -0.25) is 9.80 Å². The minimum atomic E-state index is -0.602. The van der Waals surface area contributed by atoms with Gasteiger partial charge >= 0.3 is 0 Å². The van der Waals surface area contributed by atoms with E-state index in [0.29, 0.717) is 18.0 Å². The summed E-state index contributed by atoms with van der Waals surface area (Å²) in [6.07, 6.45) is 1.23. The van der Waals surface area contributed by atoms with Gasteiger partial charge in [-0.05, 0) is 37.4 Å². The second-order valence-corrected chi connectivity index (χ2v) is 8.71. The molecule has 166 valence electrons. The lowest BCUT2D eigenvalue weighted by atomic mass is 10.2. The number of methoxy groups -OCH3 is 1. The number of nitrogens with zero attached hydrogens (tertiary/aromatic N) is 3. The maximum Gasteiger partial charge on any atom is 0.161 e. The molecule has 1 atom stereocenters. The summed E-state index contributed by atoms with van der Waals surface area (Å²) in [5, 5.41) is 13.5. The molecule has 0 aliphatic carbocycles. The number of hydrogen-bond donors (Lipinski definition) is 1. The lowest BCUT2D eigenvalue weighted by Crippen LogP contribution is -2.32. The molecule has 0 bridgehead atoms. The van der Waals surface area contributed by atoms with Crippen LogP contribution in [-0.4, -0.2) is 60.4 Å². The van der Waals surface area contributed by atoms with E-state index in [-0.39, 0.29) is 6.61 Å². The zero-order chi connectivity index (χ0) is 22.1. The monoisotopic (exact) mass is 441 g/mol. The van der Waals surface area contributed by atoms with Gasteiger partial charge < -0.3 is 14.6 Å². The molecule has 0 saturated carbocycles. The second kappa shape index (κ2) is 11.8. The summed E-state index contributed by atoms with van der Waals surface area (Å²) < 4.78 is 11.4. The molecule has 0 spiro atoms. The molecule has 6 nitrogen and oxygen atoms in total. The van der Waals surface area contributed by atoms with Gasteiger partial charge in [-0.25, -0.2) is 4.98 Å². The topological polar surface area (TPSA) is 58.1 Å². The smallest absolute Gasteiger partial charge is 0.161 e. The Morgan fingerprint density at radius 3 is 2.45 bits per heavy atom. The van der Waals surface area contributed by atoms with Gasteiger partial charge in [0.1, 0.15) is 17.7 Å². The Bertz CT molecular complexity index is 906. The van der Waals surface area contributed by atoms with Crippen molar-refractivity contribution >= 4 is 11.3 Å². The normalized spacial score (nSPS) is 12.3. The Labute approximate surface area is 188 Å². The van der Waals surface area contributed by atoms with Gasteiger partial charge in [-0.2, -0.15) is 0 Å². The first kappa shape index (κ1) is 23.2. The molecule has 3 rings (SSSR count). The molecule has 0 aliphatic rings. The van der Waals surface area contributed by atoms with Gasteiger partial charge in [0.15, 0.2) is 11.5 Å². The third kappa shape index (κ3) is 7.63. The van der Waals surface area contributed by atoms with Crippen LogP contribution in [0.2, 0.25) is 0 Å². The number of aliphatic hydroxyl groups excluding tert-OH is 1. The molecule has 31 heavy (non-hydrogen) atoms. The van der Waals surface area contributed by atoms with Crippen molar-refractivity contribution in [2.24, 2.45) is 0 Å². The standard InChI is InChI=1S/C24H31N3O3S/c1-26(14-19-7-5-4-6-8-19)16-21(28)18-30-23-13-20(9-10-22(23)29-3)15-27(2)17-24-25-11-12-31-24/h4-13,21,28H,14-18H2,1-3H3/t21-/m0/s1. The number of aromatic nitrogens is 1. The van der Waals surface area contributed by atoms with Crippen LogP contribution < -0.4 is 9.47 Å². The highest BCUT2D eigenvalue weighted by atomic mass is 32.1. The van der Waals surface area contributed by atoms with E-state index in [1.165, 1.54) is 5.56 Å². The molecule has 0 amide bonds. The maximum atomic E-state index is 10.5. The predicted molar refractivity (Wildman–Crippen MR) is 125 cm³/mol. The molecular formula is C24H31N3O3S. The minimum absolute atomic E-state index is 0.202. The number of likely N-dealkylation sites (N-methyl/N-ethyl adjacent to an activating group) is 1. The van der Waals surface area contributed by atoms with Gasteiger partial charge in [0.25, 0.3) is 0 Å². The fraction of sp³-hybridized carbons (Fsp3) is 0.375. The van der Waals surface area contributed by atoms with Crippen LogP contribution in [0.5, 0.6) is 11.5 Å². The van der Waals surface area contributed by atoms with Gasteiger partial charge in [-0.1, -0.05) is 36.4 Å². The lowest BCUT2D eigenvalue weighted by molar-refractivity contribution is 0.0732. The Morgan fingerprint density at radius 1 is 0.968 bits per heavy atom. The van der Waals surface area contributed by atoms with Crippen molar-refractivity contribution in [3.63, 3.8) is 0 Å². The molecule has 0 aliphatic heterocycles. The van der Waals surface area contributed by atoms with Crippen LogP contribution >= 0.6 is 11.3 Å². The van der Waals surface area contributed by atoms with E-state index in [9.17, 15) is 5.11 Å². The maximum absolute atomic E-state index is 10.5. The SMILES string of the molecule is COc1ccc(CN(C)Cc2nccs2)cc1OC[C@@H](O)CN(C)Cc1ccccc1. The van der Waals surface area contributed by atoms with Crippen LogP contribution in [-0.2, 0) is 19.6 Å². The summed E-state index contributed by atoms with van der Waals surface area (Å²) in [5.74, 6) is 1.31. The third-order valence-corrected chi connectivity index (χ3v) is 5.58. The van der Waals surface area contributed by atoms with Gasteiger partial charge in [-0.15, -0.1) is 11.3 Å². The number of rotatable bonds is 12. The van der Waals surface area contributed by atoms with Crippen LogP contribution in [0.25, 0.3) is 0 Å². The Balaban J connectivity index is 1.52. The van der Waals surface area contributed by atoms with Gasteiger partial charge in [0.2, 0.25) is 0 Å². The minimum Gasteiger partial charge on any atom is -0.493 e. The quantitative estimate of drug-likeness (QED) is 0.463. The summed E-state index contributed by atoms with van der Waals surface area (Å²) in [6, 6.07) is 16.2. The van der Waals surface area contributed by atoms with Crippen LogP contribution in [0.15, 0.2) is 60.1 Å². The van der Waals surface area contributed by atoms with Crippen LogP contribution in [0.4, 0.5) is 0 Å². The summed E-state index contributed by atoms with van der Waals surface area (Å²) >= 11 is 1.66. The van der Waals surface area contributed by atoms with Crippen molar-refractivity contribution in [3.8, 4) is 11.5 Å².